The normalized spacial score (nSPS) is 16.8. The van der Waals surface area contributed by atoms with Gasteiger partial charge in [-0.05, 0) is 33.0 Å². The van der Waals surface area contributed by atoms with Crippen molar-refractivity contribution in [1.82, 2.24) is 15.5 Å². The van der Waals surface area contributed by atoms with Gasteiger partial charge in [0, 0.05) is 26.2 Å². The van der Waals surface area contributed by atoms with E-state index in [9.17, 15) is 0 Å². The van der Waals surface area contributed by atoms with Crippen LogP contribution in [0.4, 0.5) is 0 Å². The number of nitrogens with one attached hydrogen (secondary N) is 2. The molecule has 1 unspecified atom stereocenters. The zero-order valence-corrected chi connectivity index (χ0v) is 17.2. The summed E-state index contributed by atoms with van der Waals surface area (Å²) in [4.78, 5) is 6.52. The minimum absolute atomic E-state index is 0. The molecule has 0 spiro atoms. The van der Waals surface area contributed by atoms with Gasteiger partial charge in [0.25, 0.3) is 0 Å². The largest absolute Gasteiger partial charge is 0.486 e. The standard InChI is InChI=1S/C17H28N4O2.HI/c1-13(2)21(4)10-9-19-17(18-3)20-11-14-12-22-15-7-5-6-8-16(15)23-14;/h5-8,13-14H,9-12H2,1-4H3,(H2,18,19,20);1H. The summed E-state index contributed by atoms with van der Waals surface area (Å²) in [6.45, 7) is 7.37. The summed E-state index contributed by atoms with van der Waals surface area (Å²) in [5.74, 6) is 2.39. The molecule has 0 aliphatic carbocycles. The van der Waals surface area contributed by atoms with Gasteiger partial charge >= 0.3 is 0 Å². The summed E-state index contributed by atoms with van der Waals surface area (Å²) < 4.78 is 11.6. The molecule has 1 aliphatic rings. The van der Waals surface area contributed by atoms with E-state index in [1.165, 1.54) is 0 Å². The maximum absolute atomic E-state index is 5.92. The Kier molecular flexibility index (Phi) is 9.20. The van der Waals surface area contributed by atoms with Crippen LogP contribution in [0.15, 0.2) is 29.3 Å². The van der Waals surface area contributed by atoms with Crippen LogP contribution in [0.2, 0.25) is 0 Å². The number of aliphatic imine (C=N–C) groups is 1. The van der Waals surface area contributed by atoms with Crippen LogP contribution in [0.1, 0.15) is 13.8 Å². The average molecular weight is 448 g/mol. The summed E-state index contributed by atoms with van der Waals surface area (Å²) in [5, 5.41) is 6.60. The van der Waals surface area contributed by atoms with Gasteiger partial charge in [-0.2, -0.15) is 0 Å². The number of para-hydroxylation sites is 2. The van der Waals surface area contributed by atoms with Crippen LogP contribution >= 0.6 is 24.0 Å². The van der Waals surface area contributed by atoms with Crippen LogP contribution < -0.4 is 20.1 Å². The van der Waals surface area contributed by atoms with E-state index in [-0.39, 0.29) is 30.1 Å². The molecule has 2 N–H and O–H groups in total. The molecule has 1 aromatic rings. The Labute approximate surface area is 162 Å². The van der Waals surface area contributed by atoms with Crippen LogP contribution in [-0.2, 0) is 0 Å². The molecular formula is C17H29IN4O2. The second-order valence-electron chi connectivity index (χ2n) is 5.95. The van der Waals surface area contributed by atoms with Gasteiger partial charge < -0.3 is 25.0 Å². The van der Waals surface area contributed by atoms with E-state index >= 15 is 0 Å². The molecule has 1 aliphatic heterocycles. The first kappa shape index (κ1) is 20.8. The van der Waals surface area contributed by atoms with Gasteiger partial charge in [-0.15, -0.1) is 24.0 Å². The molecule has 24 heavy (non-hydrogen) atoms. The molecule has 0 saturated heterocycles. The summed E-state index contributed by atoms with van der Waals surface area (Å²) >= 11 is 0. The SMILES string of the molecule is CN=C(NCCN(C)C(C)C)NCC1COc2ccccc2O1.I. The van der Waals surface area contributed by atoms with Crippen LogP contribution in [0.25, 0.3) is 0 Å². The molecule has 0 aromatic heterocycles. The number of fused-ring (bicyclic) bond motifs is 1. The van der Waals surface area contributed by atoms with Gasteiger partial charge in [-0.1, -0.05) is 12.1 Å². The van der Waals surface area contributed by atoms with Gasteiger partial charge in [0.15, 0.2) is 17.5 Å². The van der Waals surface area contributed by atoms with E-state index < -0.39 is 0 Å². The minimum Gasteiger partial charge on any atom is -0.486 e. The van der Waals surface area contributed by atoms with Crippen LogP contribution in [-0.4, -0.2) is 63.3 Å². The molecule has 0 radical (unpaired) electrons. The fourth-order valence-electron chi connectivity index (χ4n) is 2.20. The van der Waals surface area contributed by atoms with Crippen LogP contribution in [0.5, 0.6) is 11.5 Å². The quantitative estimate of drug-likeness (QED) is 0.396. The lowest BCUT2D eigenvalue weighted by Gasteiger charge is -2.27. The van der Waals surface area contributed by atoms with E-state index in [0.717, 1.165) is 30.5 Å². The fourth-order valence-corrected chi connectivity index (χ4v) is 2.20. The Morgan fingerprint density at radius 2 is 2.00 bits per heavy atom. The fraction of sp³-hybridized carbons (Fsp3) is 0.588. The predicted molar refractivity (Wildman–Crippen MR) is 109 cm³/mol. The highest BCUT2D eigenvalue weighted by Gasteiger charge is 2.20. The number of ether oxygens (including phenoxy) is 2. The summed E-state index contributed by atoms with van der Waals surface area (Å²) in [5.41, 5.74) is 0. The Morgan fingerprint density at radius 1 is 1.29 bits per heavy atom. The van der Waals surface area contributed by atoms with E-state index in [1.54, 1.807) is 7.05 Å². The van der Waals surface area contributed by atoms with Crippen molar-refractivity contribution in [1.29, 1.82) is 0 Å². The van der Waals surface area contributed by atoms with Crippen LogP contribution in [0, 0.1) is 0 Å². The maximum Gasteiger partial charge on any atom is 0.191 e. The van der Waals surface area contributed by atoms with Crippen molar-refractivity contribution in [3.05, 3.63) is 24.3 Å². The van der Waals surface area contributed by atoms with Gasteiger partial charge in [0.1, 0.15) is 12.7 Å². The monoisotopic (exact) mass is 448 g/mol. The first-order valence-corrected chi connectivity index (χ1v) is 8.13. The number of benzene rings is 1. The third-order valence-electron chi connectivity index (χ3n) is 3.93. The smallest absolute Gasteiger partial charge is 0.191 e. The van der Waals surface area contributed by atoms with Crippen molar-refractivity contribution in [3.8, 4) is 11.5 Å². The summed E-state index contributed by atoms with van der Waals surface area (Å²) in [7, 11) is 3.89. The molecular weight excluding hydrogens is 419 g/mol. The number of hydrogen-bond acceptors (Lipinski definition) is 4. The zero-order valence-electron chi connectivity index (χ0n) is 14.9. The zero-order chi connectivity index (χ0) is 16.7. The van der Waals surface area contributed by atoms with E-state index in [0.29, 0.717) is 19.2 Å². The topological polar surface area (TPSA) is 58.1 Å². The first-order chi connectivity index (χ1) is 11.1. The highest BCUT2D eigenvalue weighted by Crippen LogP contribution is 2.30. The van der Waals surface area contributed by atoms with Crippen molar-refractivity contribution < 1.29 is 9.47 Å². The third kappa shape index (κ3) is 6.35. The molecule has 0 bridgehead atoms. The highest BCUT2D eigenvalue weighted by atomic mass is 127. The molecule has 0 saturated carbocycles. The Hall–Kier alpha value is -1.22. The van der Waals surface area contributed by atoms with Crippen molar-refractivity contribution in [2.24, 2.45) is 4.99 Å². The Morgan fingerprint density at radius 3 is 2.67 bits per heavy atom. The number of rotatable bonds is 6. The van der Waals surface area contributed by atoms with Crippen molar-refractivity contribution in [3.63, 3.8) is 0 Å². The molecule has 0 amide bonds. The Bertz CT molecular complexity index is 525. The number of likely N-dealkylation sites (N-methyl/N-ethyl adjacent to an activating group) is 1. The number of halogens is 1. The predicted octanol–water partition coefficient (Wildman–Crippen LogP) is 1.95. The van der Waals surface area contributed by atoms with Gasteiger partial charge in [-0.3, -0.25) is 4.99 Å². The molecule has 136 valence electrons. The summed E-state index contributed by atoms with van der Waals surface area (Å²) in [6.07, 6.45) is -0.0261. The van der Waals surface area contributed by atoms with E-state index in [2.05, 4.69) is 41.4 Å². The Balaban J connectivity index is 0.00000288. The lowest BCUT2D eigenvalue weighted by Crippen LogP contribution is -2.47. The molecule has 1 atom stereocenters. The van der Waals surface area contributed by atoms with Crippen molar-refractivity contribution in [2.75, 3.05) is 40.3 Å². The molecule has 6 nitrogen and oxygen atoms in total. The maximum atomic E-state index is 5.92. The lowest BCUT2D eigenvalue weighted by molar-refractivity contribution is 0.0936. The number of hydrogen-bond donors (Lipinski definition) is 2. The molecule has 0 fully saturated rings. The molecule has 2 rings (SSSR count). The van der Waals surface area contributed by atoms with Gasteiger partial charge in [0.2, 0.25) is 0 Å². The van der Waals surface area contributed by atoms with E-state index in [4.69, 9.17) is 9.47 Å². The third-order valence-corrected chi connectivity index (χ3v) is 3.93. The van der Waals surface area contributed by atoms with Crippen LogP contribution in [0.3, 0.4) is 0 Å². The average Bonchev–Trinajstić information content (AvgIpc) is 2.57. The number of guanidine groups is 1. The molecule has 7 heteroatoms. The first-order valence-electron chi connectivity index (χ1n) is 8.13. The molecule has 1 aromatic carbocycles. The lowest BCUT2D eigenvalue weighted by atomic mass is 10.2. The highest BCUT2D eigenvalue weighted by molar-refractivity contribution is 14.0. The molecule has 1 heterocycles. The minimum atomic E-state index is -0.0261. The van der Waals surface area contributed by atoms with Gasteiger partial charge in [-0.25, -0.2) is 0 Å². The van der Waals surface area contributed by atoms with Gasteiger partial charge in [0.05, 0.1) is 6.54 Å². The summed E-state index contributed by atoms with van der Waals surface area (Å²) in [6, 6.07) is 8.28. The van der Waals surface area contributed by atoms with Crippen molar-refractivity contribution in [2.45, 2.75) is 26.0 Å². The second kappa shape index (κ2) is 10.6. The van der Waals surface area contributed by atoms with E-state index in [1.807, 2.05) is 24.3 Å². The second-order valence-corrected chi connectivity index (χ2v) is 5.95. The number of nitrogens with zero attached hydrogens (tertiary/aromatic N) is 2. The van der Waals surface area contributed by atoms with Crippen molar-refractivity contribution >= 4 is 29.9 Å².